The maximum Gasteiger partial charge on any atom is 0.509 e. The van der Waals surface area contributed by atoms with Gasteiger partial charge in [-0.05, 0) is 59.4 Å². The van der Waals surface area contributed by atoms with Gasteiger partial charge in [0.15, 0.2) is 11.7 Å². The predicted octanol–water partition coefficient (Wildman–Crippen LogP) is 15.6. The van der Waals surface area contributed by atoms with Crippen LogP contribution in [0.1, 0.15) is 47.0 Å². The Morgan fingerprint density at radius 3 is 1.93 bits per heavy atom. The van der Waals surface area contributed by atoms with Crippen LogP contribution < -0.4 is 0 Å². The summed E-state index contributed by atoms with van der Waals surface area (Å²) in [6.07, 6.45) is -3.40. The SMILES string of the molecule is COC(=O)C1=C(O)[C@H]2[C@@H]3OC(=O)O[C@]34C[C@H](OP(P(P)P(P)P)P(P(P)P)P(P)P)C(C)=C([C@H](OP(P(P)P)P(PP)P(P)P)C[C@]2(C)[C@@H](O)C1)C4(C)C. The Kier molecular flexibility index (Phi) is 22.9. The fourth-order valence-corrected chi connectivity index (χ4v) is 170. The van der Waals surface area contributed by atoms with E-state index in [-0.39, 0.29) is 24.2 Å². The standard InChI is InChI=1S/C22H53O9P23/c1-9-11(30-46(52(43)48(35)36)54(50(39)40)51(41)42)8-22-17(28-19(26)29-22)15-16(24)10(18(25)27-5)6-13(23)21(15,4)7-12(14(9)20(22,2)3)31-45(47(33)34)53(44-32)49(37)38/h11-13,15,17,23-24,44H,6-8,32-43H2,1-5H3/t11-,12+,13-,15-,17-,21+,22+,45?,46?,52?,53?/m0/s1. The molecule has 54 heavy (non-hydrogen) atoms. The van der Waals surface area contributed by atoms with Gasteiger partial charge in [0.25, 0.3) is 0 Å². The van der Waals surface area contributed by atoms with Crippen molar-refractivity contribution in [1.82, 2.24) is 0 Å². The second-order valence-corrected chi connectivity index (χ2v) is 96.8. The number of carbonyl (C=O) groups excluding carboxylic acids is 2. The van der Waals surface area contributed by atoms with Gasteiger partial charge in [-0.3, -0.25) is 0 Å². The van der Waals surface area contributed by atoms with Gasteiger partial charge in [0.05, 0.1) is 52.0 Å². The van der Waals surface area contributed by atoms with Crippen molar-refractivity contribution in [1.29, 1.82) is 0 Å². The third kappa shape index (κ3) is 11.2. The summed E-state index contributed by atoms with van der Waals surface area (Å²) in [6, 6.07) is 0. The molecule has 1 saturated carbocycles. The van der Waals surface area contributed by atoms with Crippen LogP contribution in [0.3, 0.4) is 0 Å². The van der Waals surface area contributed by atoms with E-state index in [0.29, 0.717) is 14.4 Å². The zero-order valence-corrected chi connectivity index (χ0v) is 54.0. The lowest BCUT2D eigenvalue weighted by molar-refractivity contribution is -0.162. The van der Waals surface area contributed by atoms with Crippen molar-refractivity contribution < 1.29 is 43.1 Å². The van der Waals surface area contributed by atoms with Crippen molar-refractivity contribution in [3.05, 3.63) is 22.5 Å². The van der Waals surface area contributed by atoms with Gasteiger partial charge in [0.1, 0.15) is 5.76 Å². The van der Waals surface area contributed by atoms with E-state index in [1.54, 1.807) is 0 Å². The van der Waals surface area contributed by atoms with Gasteiger partial charge in [-0.15, -0.1) is 98.2 Å². The fraction of sp³-hybridized carbons (Fsp3) is 0.727. The average molecular weight is 1170 g/mol. The van der Waals surface area contributed by atoms with Crippen LogP contribution in [0.2, 0.25) is 0 Å². The van der Waals surface area contributed by atoms with E-state index in [2.05, 4.69) is 128 Å². The molecule has 0 aromatic heterocycles. The molecular weight excluding hydrogens is 1120 g/mol. The predicted molar refractivity (Wildman–Crippen MR) is 297 cm³/mol. The first-order valence-corrected chi connectivity index (χ1v) is 56.1. The summed E-state index contributed by atoms with van der Waals surface area (Å²) < 4.78 is 33.0. The van der Waals surface area contributed by atoms with Crippen molar-refractivity contribution in [3.8, 4) is 0 Å². The highest BCUT2D eigenvalue weighted by atomic mass is 33.2. The Morgan fingerprint density at radius 1 is 0.870 bits per heavy atom. The molecule has 3 aliphatic carbocycles. The maximum atomic E-state index is 13.7. The number of aliphatic hydroxyl groups excluding tert-OH is 2. The molecule has 0 aromatic carbocycles. The van der Waals surface area contributed by atoms with E-state index in [9.17, 15) is 19.8 Å². The monoisotopic (exact) mass is 1170 g/mol. The number of esters is 1. The first-order chi connectivity index (χ1) is 24.9. The lowest BCUT2D eigenvalue weighted by Gasteiger charge is -2.60. The van der Waals surface area contributed by atoms with E-state index in [1.165, 1.54) is 7.11 Å². The third-order valence-corrected chi connectivity index (χ3v) is 128. The highest BCUT2D eigenvalue weighted by Gasteiger charge is 2.73. The molecule has 1 aliphatic heterocycles. The maximum absolute atomic E-state index is 13.7. The van der Waals surface area contributed by atoms with Crippen molar-refractivity contribution in [2.75, 3.05) is 7.11 Å². The molecule has 2 bridgehead atoms. The van der Waals surface area contributed by atoms with Crippen LogP contribution >= 0.6 is 186 Å². The van der Waals surface area contributed by atoms with E-state index >= 15 is 0 Å². The molecular formula is C22H53O9P23. The topological polar surface area (TPSA) is 121 Å². The van der Waals surface area contributed by atoms with E-state index < -0.39 is 130 Å². The molecule has 0 amide bonds. The number of aliphatic hydroxyl groups is 2. The lowest BCUT2D eigenvalue weighted by atomic mass is 9.49. The smallest absolute Gasteiger partial charge is 0.509 e. The quantitative estimate of drug-likeness (QED) is 0.0995. The summed E-state index contributed by atoms with van der Waals surface area (Å²) >= 11 is 0. The van der Waals surface area contributed by atoms with Crippen LogP contribution in [-0.2, 0) is 28.1 Å². The fourth-order valence-electron chi connectivity index (χ4n) is 7.84. The number of carbonyl (C=O) groups is 2. The van der Waals surface area contributed by atoms with E-state index in [0.717, 1.165) is 11.1 Å². The van der Waals surface area contributed by atoms with Crippen molar-refractivity contribution in [2.24, 2.45) is 16.7 Å². The van der Waals surface area contributed by atoms with Gasteiger partial charge in [0, 0.05) is 44.6 Å². The van der Waals surface area contributed by atoms with Crippen LogP contribution in [0, 0.1) is 16.7 Å². The Labute approximate surface area is 361 Å². The lowest BCUT2D eigenvalue weighted by Crippen LogP contribution is -2.66. The summed E-state index contributed by atoms with van der Waals surface area (Å²) in [5.41, 5.74) is -1.19. The molecule has 32 heteroatoms. The highest BCUT2D eigenvalue weighted by molar-refractivity contribution is 9.19. The third-order valence-electron chi connectivity index (χ3n) is 10.3. The Hall–Kier alpha value is 7.79. The minimum Gasteiger partial charge on any atom is -0.511 e. The number of hydrogen-bond acceptors (Lipinski definition) is 9. The number of fused-ring (bicyclic) bond motifs is 3. The average Bonchev–Trinajstić information content (AvgIpc) is 3.38. The second-order valence-electron chi connectivity index (χ2n) is 13.6. The van der Waals surface area contributed by atoms with Gasteiger partial charge in [-0.2, -0.15) is 0 Å². The van der Waals surface area contributed by atoms with Crippen LogP contribution in [0.25, 0.3) is 0 Å². The van der Waals surface area contributed by atoms with E-state index in [1.807, 2.05) is 6.92 Å². The molecule has 4 rings (SSSR count). The van der Waals surface area contributed by atoms with Gasteiger partial charge in [0.2, 0.25) is 0 Å². The van der Waals surface area contributed by atoms with Gasteiger partial charge in [-0.1, -0.05) is 37.7 Å². The number of rotatable bonds is 14. The van der Waals surface area contributed by atoms with Crippen molar-refractivity contribution >= 4 is 198 Å². The zero-order valence-electron chi connectivity index (χ0n) is 30.2. The Bertz CT molecular complexity index is 1460. The molecule has 1 heterocycles. The van der Waals surface area contributed by atoms with Crippen LogP contribution in [-0.4, -0.2) is 59.5 Å². The Balaban J connectivity index is 2.09. The normalized spacial score (nSPS) is 33.6. The number of ether oxygens (including phenoxy) is 3. The van der Waals surface area contributed by atoms with Gasteiger partial charge in [-0.25, -0.2) is 9.59 Å². The number of methoxy groups -OCH3 is 1. The first-order valence-electron chi connectivity index (χ1n) is 15.7. The summed E-state index contributed by atoms with van der Waals surface area (Å²) in [5.74, 6) is -1.93. The van der Waals surface area contributed by atoms with Crippen LogP contribution in [0.15, 0.2) is 22.5 Å². The second kappa shape index (κ2) is 22.7. The molecule has 4 aliphatic rings. The first kappa shape index (κ1) is 54.4. The van der Waals surface area contributed by atoms with Crippen molar-refractivity contribution in [2.45, 2.75) is 77.0 Å². The highest BCUT2D eigenvalue weighted by Crippen LogP contribution is 3.18. The molecule has 2 N–H and O–H groups in total. The van der Waals surface area contributed by atoms with Gasteiger partial charge >= 0.3 is 12.1 Å². The summed E-state index contributed by atoms with van der Waals surface area (Å²) in [6.45, 7) is 4.12. The van der Waals surface area contributed by atoms with E-state index in [4.69, 9.17) is 23.3 Å². The largest absolute Gasteiger partial charge is 0.511 e. The molecule has 2 fully saturated rings. The van der Waals surface area contributed by atoms with Crippen LogP contribution in [0.5, 0.6) is 0 Å². The Morgan fingerprint density at radius 2 is 1.44 bits per heavy atom. The summed E-state index contributed by atoms with van der Waals surface area (Å²) in [5, 5.41) is 24.4. The minimum atomic E-state index is -1.33. The summed E-state index contributed by atoms with van der Waals surface area (Å²) in [7, 11) is 36.6. The molecule has 1 saturated heterocycles. The molecule has 310 valence electrons. The molecule has 1 spiro atoms. The number of hydrogen-bond donors (Lipinski definition) is 2. The molecule has 0 radical (unpaired) electrons. The van der Waals surface area contributed by atoms with Gasteiger partial charge < -0.3 is 33.5 Å². The zero-order chi connectivity index (χ0) is 41.0. The molecule has 17 unspecified atom stereocenters. The molecule has 9 nitrogen and oxygen atoms in total. The summed E-state index contributed by atoms with van der Waals surface area (Å²) in [4.78, 5) is 26.9. The molecule has 0 aromatic rings. The van der Waals surface area contributed by atoms with Crippen LogP contribution in [0.4, 0.5) is 4.79 Å². The minimum absolute atomic E-state index is 0.0115. The van der Waals surface area contributed by atoms with Crippen molar-refractivity contribution in [3.63, 3.8) is 0 Å². The molecule has 24 atom stereocenters.